The van der Waals surface area contributed by atoms with Crippen molar-refractivity contribution in [2.45, 2.75) is 31.9 Å². The highest BCUT2D eigenvalue weighted by atomic mass is 19.4. The minimum Gasteiger partial charge on any atom is -0.475 e. The number of rotatable bonds is 4. The van der Waals surface area contributed by atoms with Crippen LogP contribution in [0.5, 0.6) is 0 Å². The van der Waals surface area contributed by atoms with E-state index in [0.29, 0.717) is 0 Å². The molecule has 0 amide bonds. The Morgan fingerprint density at radius 2 is 1.71 bits per heavy atom. The van der Waals surface area contributed by atoms with Gasteiger partial charge in [0.15, 0.2) is 0 Å². The van der Waals surface area contributed by atoms with Gasteiger partial charge in [-0.1, -0.05) is 54.6 Å². The van der Waals surface area contributed by atoms with E-state index in [1.165, 1.54) is 22.3 Å². The van der Waals surface area contributed by atoms with Crippen LogP contribution in [0.25, 0.3) is 0 Å². The Hall–Kier alpha value is -3.17. The Balaban J connectivity index is 0.000000339. The van der Waals surface area contributed by atoms with E-state index in [1.807, 2.05) is 16.9 Å². The van der Waals surface area contributed by atoms with Crippen molar-refractivity contribution in [3.63, 3.8) is 0 Å². The van der Waals surface area contributed by atoms with Crippen molar-refractivity contribution < 1.29 is 23.1 Å². The van der Waals surface area contributed by atoms with Gasteiger partial charge < -0.3 is 10.8 Å². The summed E-state index contributed by atoms with van der Waals surface area (Å²) in [5.41, 5.74) is 11.5. The normalized spacial score (nSPS) is 16.2. The second-order valence-corrected chi connectivity index (χ2v) is 7.31. The van der Waals surface area contributed by atoms with Crippen molar-refractivity contribution in [2.24, 2.45) is 5.73 Å². The molecule has 1 atom stereocenters. The molecule has 31 heavy (non-hydrogen) atoms. The van der Waals surface area contributed by atoms with Crippen LogP contribution in [-0.2, 0) is 24.4 Å². The van der Waals surface area contributed by atoms with E-state index in [0.717, 1.165) is 26.2 Å². The molecule has 1 aromatic heterocycles. The number of aliphatic carboxylic acids is 1. The monoisotopic (exact) mass is 432 g/mol. The van der Waals surface area contributed by atoms with Gasteiger partial charge >= 0.3 is 12.1 Å². The van der Waals surface area contributed by atoms with Gasteiger partial charge in [-0.3, -0.25) is 9.58 Å². The van der Waals surface area contributed by atoms with Crippen LogP contribution in [0.1, 0.15) is 28.3 Å². The van der Waals surface area contributed by atoms with Gasteiger partial charge in [0.25, 0.3) is 0 Å². The summed E-state index contributed by atoms with van der Waals surface area (Å²) in [6, 6.07) is 19.0. The van der Waals surface area contributed by atoms with E-state index >= 15 is 0 Å². The van der Waals surface area contributed by atoms with E-state index in [1.54, 1.807) is 0 Å². The van der Waals surface area contributed by atoms with Gasteiger partial charge in [-0.25, -0.2) is 4.79 Å². The molecule has 9 heteroatoms. The SMILES string of the molecule is NC1CN(Cc2cnn(Cc3ccccc3)c2)Cc2ccccc21.O=C(O)C(F)(F)F. The molecule has 0 saturated heterocycles. The van der Waals surface area contributed by atoms with Crippen LogP contribution in [0.3, 0.4) is 0 Å². The largest absolute Gasteiger partial charge is 0.490 e. The Labute approximate surface area is 177 Å². The number of alkyl halides is 3. The third-order valence-corrected chi connectivity index (χ3v) is 4.83. The highest BCUT2D eigenvalue weighted by Gasteiger charge is 2.38. The number of hydrogen-bond acceptors (Lipinski definition) is 4. The predicted octanol–water partition coefficient (Wildman–Crippen LogP) is 3.58. The zero-order valence-electron chi connectivity index (χ0n) is 16.7. The van der Waals surface area contributed by atoms with Crippen LogP contribution in [0, 0.1) is 0 Å². The summed E-state index contributed by atoms with van der Waals surface area (Å²) in [6.45, 7) is 3.54. The number of nitrogens with zero attached hydrogens (tertiary/aromatic N) is 3. The predicted molar refractivity (Wildman–Crippen MR) is 109 cm³/mol. The number of aromatic nitrogens is 2. The smallest absolute Gasteiger partial charge is 0.475 e. The molecule has 3 N–H and O–H groups in total. The number of nitrogens with two attached hydrogens (primary N) is 1. The van der Waals surface area contributed by atoms with Crippen molar-refractivity contribution in [1.82, 2.24) is 14.7 Å². The maximum Gasteiger partial charge on any atom is 0.490 e. The molecule has 3 aromatic rings. The molecule has 0 spiro atoms. The van der Waals surface area contributed by atoms with Crippen LogP contribution in [0.2, 0.25) is 0 Å². The first kappa shape index (κ1) is 22.5. The number of carboxylic acid groups (broad SMARTS) is 1. The molecule has 0 aliphatic carbocycles. The maximum atomic E-state index is 10.6. The van der Waals surface area contributed by atoms with Crippen LogP contribution in [0.4, 0.5) is 13.2 Å². The van der Waals surface area contributed by atoms with Crippen molar-refractivity contribution in [1.29, 1.82) is 0 Å². The van der Waals surface area contributed by atoms with Crippen LogP contribution in [-0.4, -0.2) is 38.5 Å². The Kier molecular flexibility index (Phi) is 7.09. The van der Waals surface area contributed by atoms with Gasteiger partial charge in [-0.15, -0.1) is 0 Å². The van der Waals surface area contributed by atoms with Crippen molar-refractivity contribution in [2.75, 3.05) is 6.54 Å². The molecule has 0 saturated carbocycles. The van der Waals surface area contributed by atoms with E-state index in [2.05, 4.69) is 64.7 Å². The molecule has 164 valence electrons. The summed E-state index contributed by atoms with van der Waals surface area (Å²) in [5, 5.41) is 11.6. The molecule has 1 aliphatic heterocycles. The molecule has 0 fully saturated rings. The summed E-state index contributed by atoms with van der Waals surface area (Å²) in [6.07, 6.45) is -0.978. The Morgan fingerprint density at radius 3 is 2.39 bits per heavy atom. The summed E-state index contributed by atoms with van der Waals surface area (Å²) in [7, 11) is 0. The van der Waals surface area contributed by atoms with Gasteiger partial charge in [-0.2, -0.15) is 18.3 Å². The van der Waals surface area contributed by atoms with Crippen molar-refractivity contribution in [3.05, 3.63) is 89.2 Å². The number of halogens is 3. The summed E-state index contributed by atoms with van der Waals surface area (Å²) < 4.78 is 33.7. The summed E-state index contributed by atoms with van der Waals surface area (Å²) in [4.78, 5) is 11.3. The highest BCUT2D eigenvalue weighted by molar-refractivity contribution is 5.73. The first-order chi connectivity index (χ1) is 14.7. The highest BCUT2D eigenvalue weighted by Crippen LogP contribution is 2.25. The fraction of sp³-hybridized carbons (Fsp3) is 0.273. The van der Waals surface area contributed by atoms with E-state index < -0.39 is 12.1 Å². The van der Waals surface area contributed by atoms with Gasteiger partial charge in [0, 0.05) is 37.4 Å². The molecule has 2 heterocycles. The Bertz CT molecular complexity index is 1010. The number of carbonyl (C=O) groups is 1. The van der Waals surface area contributed by atoms with Crippen LogP contribution in [0.15, 0.2) is 67.0 Å². The first-order valence-electron chi connectivity index (χ1n) is 9.63. The number of carboxylic acids is 1. The second-order valence-electron chi connectivity index (χ2n) is 7.31. The zero-order valence-corrected chi connectivity index (χ0v) is 16.7. The molecule has 1 aliphatic rings. The molecule has 0 radical (unpaired) electrons. The Morgan fingerprint density at radius 1 is 1.06 bits per heavy atom. The molecule has 2 aromatic carbocycles. The fourth-order valence-corrected chi connectivity index (χ4v) is 3.45. The topological polar surface area (TPSA) is 84.4 Å². The van der Waals surface area contributed by atoms with Crippen LogP contribution < -0.4 is 5.73 Å². The quantitative estimate of drug-likeness (QED) is 0.658. The average Bonchev–Trinajstić information content (AvgIpc) is 3.15. The number of fused-ring (bicyclic) bond motifs is 1. The number of benzene rings is 2. The number of hydrogen-bond donors (Lipinski definition) is 2. The third kappa shape index (κ3) is 6.40. The lowest BCUT2D eigenvalue weighted by Gasteiger charge is -2.32. The fourth-order valence-electron chi connectivity index (χ4n) is 3.45. The van der Waals surface area contributed by atoms with Gasteiger partial charge in [-0.05, 0) is 16.7 Å². The lowest BCUT2D eigenvalue weighted by Crippen LogP contribution is -2.36. The second kappa shape index (κ2) is 9.76. The lowest BCUT2D eigenvalue weighted by molar-refractivity contribution is -0.192. The molecule has 4 rings (SSSR count). The minimum atomic E-state index is -5.08. The lowest BCUT2D eigenvalue weighted by atomic mass is 9.96. The molecular weight excluding hydrogens is 409 g/mol. The summed E-state index contributed by atoms with van der Waals surface area (Å²) in [5.74, 6) is -2.76. The maximum absolute atomic E-state index is 10.6. The zero-order chi connectivity index (χ0) is 22.4. The van der Waals surface area contributed by atoms with E-state index in [9.17, 15) is 13.2 Å². The van der Waals surface area contributed by atoms with Crippen molar-refractivity contribution >= 4 is 5.97 Å². The standard InChI is InChI=1S/C20H22N4.C2HF3O2/c21-20-15-23(14-18-8-4-5-9-19(18)20)11-17-10-22-24(13-17)12-16-6-2-1-3-7-16;3-2(4,5)1(6)7/h1-10,13,20H,11-12,14-15,21H2;(H,6,7). The van der Waals surface area contributed by atoms with Gasteiger partial charge in [0.1, 0.15) is 0 Å². The van der Waals surface area contributed by atoms with Crippen molar-refractivity contribution in [3.8, 4) is 0 Å². The molecule has 6 nitrogen and oxygen atoms in total. The van der Waals surface area contributed by atoms with Crippen LogP contribution >= 0.6 is 0 Å². The first-order valence-corrected chi connectivity index (χ1v) is 9.63. The molecular formula is C22H23F3N4O2. The third-order valence-electron chi connectivity index (χ3n) is 4.83. The van der Waals surface area contributed by atoms with E-state index in [4.69, 9.17) is 15.6 Å². The molecule has 1 unspecified atom stereocenters. The summed E-state index contributed by atoms with van der Waals surface area (Å²) >= 11 is 0. The van der Waals surface area contributed by atoms with Gasteiger partial charge in [0.05, 0.1) is 12.7 Å². The van der Waals surface area contributed by atoms with Gasteiger partial charge in [0.2, 0.25) is 0 Å². The average molecular weight is 432 g/mol. The minimum absolute atomic E-state index is 0.0920. The van der Waals surface area contributed by atoms with E-state index in [-0.39, 0.29) is 6.04 Å². The molecule has 0 bridgehead atoms.